The van der Waals surface area contributed by atoms with Gasteiger partial charge in [0.2, 0.25) is 0 Å². The average molecular weight is 210 g/mol. The van der Waals surface area contributed by atoms with E-state index >= 15 is 0 Å². The number of carbonyl (C=O) groups is 1. The van der Waals surface area contributed by atoms with E-state index in [2.05, 4.69) is 13.8 Å². The number of unbranched alkanes of at least 4 members (excludes halogenated alkanes) is 1. The van der Waals surface area contributed by atoms with Crippen molar-refractivity contribution in [2.75, 3.05) is 6.61 Å². The Hall–Kier alpha value is -0.790. The maximum atomic E-state index is 11.8. The summed E-state index contributed by atoms with van der Waals surface area (Å²) in [4.78, 5) is 11.8. The second-order valence-electron chi connectivity index (χ2n) is 4.71. The summed E-state index contributed by atoms with van der Waals surface area (Å²) in [6, 6.07) is 0. The van der Waals surface area contributed by atoms with Crippen LogP contribution >= 0.6 is 0 Å². The first-order valence-corrected chi connectivity index (χ1v) is 5.96. The van der Waals surface area contributed by atoms with Gasteiger partial charge in [0, 0.05) is 5.57 Å². The summed E-state index contributed by atoms with van der Waals surface area (Å²) in [6.07, 6.45) is 4.07. The molecule has 15 heavy (non-hydrogen) atoms. The van der Waals surface area contributed by atoms with Gasteiger partial charge in [0.25, 0.3) is 0 Å². The van der Waals surface area contributed by atoms with Crippen LogP contribution in [0, 0.1) is 5.41 Å². The first-order chi connectivity index (χ1) is 7.05. The van der Waals surface area contributed by atoms with Crippen LogP contribution in [-0.2, 0) is 9.53 Å². The maximum absolute atomic E-state index is 11.8. The van der Waals surface area contributed by atoms with Gasteiger partial charge in [-0.3, -0.25) is 4.79 Å². The van der Waals surface area contributed by atoms with Crippen molar-refractivity contribution in [3.63, 3.8) is 0 Å². The van der Waals surface area contributed by atoms with Crippen LogP contribution in [0.4, 0.5) is 0 Å². The molecule has 0 unspecified atom stereocenters. The number of allylic oxidation sites excluding steroid dienone is 2. The minimum Gasteiger partial charge on any atom is -0.496 e. The van der Waals surface area contributed by atoms with Gasteiger partial charge in [0.15, 0.2) is 5.78 Å². The monoisotopic (exact) mass is 210 g/mol. The maximum Gasteiger partial charge on any atom is 0.175 e. The summed E-state index contributed by atoms with van der Waals surface area (Å²) >= 11 is 0. The van der Waals surface area contributed by atoms with Crippen molar-refractivity contribution in [2.24, 2.45) is 5.41 Å². The number of rotatable bonds is 6. The van der Waals surface area contributed by atoms with Crippen molar-refractivity contribution >= 4 is 5.78 Å². The molecule has 0 amide bonds. The molecule has 2 heteroatoms. The smallest absolute Gasteiger partial charge is 0.175 e. The summed E-state index contributed by atoms with van der Waals surface area (Å²) < 4.78 is 5.73. The second-order valence-corrected chi connectivity index (χ2v) is 4.71. The van der Waals surface area contributed by atoms with Gasteiger partial charge in [-0.25, -0.2) is 0 Å². The molecule has 0 fully saturated rings. The third kappa shape index (κ3) is 2.24. The van der Waals surface area contributed by atoms with E-state index in [0.717, 1.165) is 43.6 Å². The van der Waals surface area contributed by atoms with Crippen LogP contribution < -0.4 is 0 Å². The van der Waals surface area contributed by atoms with Crippen LogP contribution in [0.15, 0.2) is 11.3 Å². The van der Waals surface area contributed by atoms with Gasteiger partial charge >= 0.3 is 0 Å². The zero-order valence-electron chi connectivity index (χ0n) is 10.4. The molecular formula is C13H22O2. The third-order valence-electron chi connectivity index (χ3n) is 2.93. The molecule has 0 aromatic rings. The average Bonchev–Trinajstić information content (AvgIpc) is 2.21. The van der Waals surface area contributed by atoms with Crippen LogP contribution in [0.25, 0.3) is 0 Å². The predicted molar refractivity (Wildman–Crippen MR) is 61.6 cm³/mol. The lowest BCUT2D eigenvalue weighted by molar-refractivity contribution is -0.128. The molecule has 0 saturated heterocycles. The predicted octanol–water partition coefficient (Wildman–Crippen LogP) is 3.47. The fraction of sp³-hybridized carbons (Fsp3) is 0.769. The van der Waals surface area contributed by atoms with E-state index in [0.29, 0.717) is 0 Å². The number of ketones is 1. The molecule has 0 saturated carbocycles. The molecule has 0 heterocycles. The van der Waals surface area contributed by atoms with Gasteiger partial charge in [-0.2, -0.15) is 0 Å². The van der Waals surface area contributed by atoms with Crippen molar-refractivity contribution in [3.05, 3.63) is 11.3 Å². The van der Waals surface area contributed by atoms with E-state index in [9.17, 15) is 4.79 Å². The van der Waals surface area contributed by atoms with E-state index in [4.69, 9.17) is 4.74 Å². The lowest BCUT2D eigenvalue weighted by atomic mass is 9.69. The van der Waals surface area contributed by atoms with Gasteiger partial charge in [0.05, 0.1) is 12.0 Å². The van der Waals surface area contributed by atoms with Crippen molar-refractivity contribution < 1.29 is 9.53 Å². The quantitative estimate of drug-likeness (QED) is 0.627. The van der Waals surface area contributed by atoms with Crippen molar-refractivity contribution in [1.82, 2.24) is 0 Å². The Labute approximate surface area is 92.7 Å². The summed E-state index contributed by atoms with van der Waals surface area (Å²) in [5.41, 5.74) is 0.566. The SMILES string of the molecule is CCCCOC1=C(CCC)C(=O)C1(C)C. The van der Waals surface area contributed by atoms with Crippen molar-refractivity contribution in [2.45, 2.75) is 53.4 Å². The molecule has 2 nitrogen and oxygen atoms in total. The number of carbonyl (C=O) groups excluding carboxylic acids is 1. The minimum absolute atomic E-state index is 0.274. The van der Waals surface area contributed by atoms with E-state index in [-0.39, 0.29) is 11.2 Å². The molecule has 86 valence electrons. The fourth-order valence-corrected chi connectivity index (χ4v) is 1.96. The summed E-state index contributed by atoms with van der Waals surface area (Å²) in [5, 5.41) is 0. The molecule has 0 N–H and O–H groups in total. The Balaban J connectivity index is 2.67. The Morgan fingerprint density at radius 1 is 1.20 bits per heavy atom. The molecule has 0 atom stereocenters. The zero-order chi connectivity index (χ0) is 11.5. The van der Waals surface area contributed by atoms with Gasteiger partial charge in [0.1, 0.15) is 5.76 Å². The highest BCUT2D eigenvalue weighted by atomic mass is 16.5. The normalized spacial score (nSPS) is 19.1. The van der Waals surface area contributed by atoms with Crippen LogP contribution in [-0.4, -0.2) is 12.4 Å². The number of Topliss-reactive ketones (excluding diaryl/α,β-unsaturated/α-hetero) is 1. The number of hydrogen-bond acceptors (Lipinski definition) is 2. The van der Waals surface area contributed by atoms with Gasteiger partial charge in [-0.05, 0) is 26.7 Å². The molecular weight excluding hydrogens is 188 g/mol. The Bertz CT molecular complexity index is 274. The highest BCUT2D eigenvalue weighted by Crippen LogP contribution is 2.44. The second kappa shape index (κ2) is 4.82. The van der Waals surface area contributed by atoms with E-state index < -0.39 is 0 Å². The summed E-state index contributed by atoms with van der Waals surface area (Å²) in [7, 11) is 0. The van der Waals surface area contributed by atoms with Crippen molar-refractivity contribution in [1.29, 1.82) is 0 Å². The highest BCUT2D eigenvalue weighted by Gasteiger charge is 2.47. The standard InChI is InChI=1S/C13H22O2/c1-5-7-9-15-12-10(8-6-2)11(14)13(12,3)4/h5-9H2,1-4H3. The first kappa shape index (κ1) is 12.3. The topological polar surface area (TPSA) is 26.3 Å². The van der Waals surface area contributed by atoms with Crippen LogP contribution in [0.1, 0.15) is 53.4 Å². The summed E-state index contributed by atoms with van der Waals surface area (Å²) in [6.45, 7) is 8.89. The van der Waals surface area contributed by atoms with Gasteiger partial charge in [-0.1, -0.05) is 26.7 Å². The van der Waals surface area contributed by atoms with E-state index in [1.54, 1.807) is 0 Å². The number of ether oxygens (including phenoxy) is 1. The molecule has 0 spiro atoms. The Morgan fingerprint density at radius 2 is 1.87 bits per heavy atom. The van der Waals surface area contributed by atoms with Crippen LogP contribution in [0.2, 0.25) is 0 Å². The first-order valence-electron chi connectivity index (χ1n) is 5.96. The molecule has 0 radical (unpaired) electrons. The molecule has 1 rings (SSSR count). The van der Waals surface area contributed by atoms with E-state index in [1.807, 2.05) is 13.8 Å². The third-order valence-corrected chi connectivity index (χ3v) is 2.93. The number of hydrogen-bond donors (Lipinski definition) is 0. The highest BCUT2D eigenvalue weighted by molar-refractivity contribution is 6.08. The fourth-order valence-electron chi connectivity index (χ4n) is 1.96. The Kier molecular flexibility index (Phi) is 3.95. The van der Waals surface area contributed by atoms with Crippen LogP contribution in [0.3, 0.4) is 0 Å². The van der Waals surface area contributed by atoms with Crippen LogP contribution in [0.5, 0.6) is 0 Å². The molecule has 0 bridgehead atoms. The van der Waals surface area contributed by atoms with E-state index in [1.165, 1.54) is 0 Å². The molecule has 0 aromatic carbocycles. The molecule has 1 aliphatic carbocycles. The van der Waals surface area contributed by atoms with Gasteiger partial charge < -0.3 is 4.74 Å². The lowest BCUT2D eigenvalue weighted by Crippen LogP contribution is -2.40. The van der Waals surface area contributed by atoms with Crippen molar-refractivity contribution in [3.8, 4) is 0 Å². The molecule has 0 aromatic heterocycles. The largest absolute Gasteiger partial charge is 0.496 e. The minimum atomic E-state index is -0.363. The molecule has 1 aliphatic rings. The zero-order valence-corrected chi connectivity index (χ0v) is 10.4. The van der Waals surface area contributed by atoms with Gasteiger partial charge in [-0.15, -0.1) is 0 Å². The lowest BCUT2D eigenvalue weighted by Gasteiger charge is -2.38. The molecule has 0 aliphatic heterocycles. The summed E-state index contributed by atoms with van der Waals surface area (Å²) in [5.74, 6) is 1.22. The Morgan fingerprint density at radius 3 is 2.40 bits per heavy atom.